The first-order valence-corrected chi connectivity index (χ1v) is 11.2. The second kappa shape index (κ2) is 8.73. The molecule has 1 aliphatic rings. The standard InChI is InChI=1S/C21H25ClN2O4S/c1-4-23(2)21(25)20-14-24(29(26,27)18-10-8-16(22)9-11-18)13-19(20)15-6-5-7-17(12-15)28-3/h5-12,19-20H,4,13-14H2,1-3H3. The van der Waals surface area contributed by atoms with Crippen molar-refractivity contribution in [1.29, 1.82) is 0 Å². The maximum absolute atomic E-state index is 13.2. The Hall–Kier alpha value is -2.09. The Balaban J connectivity index is 1.97. The van der Waals surface area contributed by atoms with Gasteiger partial charge in [0.25, 0.3) is 0 Å². The monoisotopic (exact) mass is 436 g/mol. The van der Waals surface area contributed by atoms with E-state index >= 15 is 0 Å². The molecule has 0 bridgehead atoms. The summed E-state index contributed by atoms with van der Waals surface area (Å²) in [5.41, 5.74) is 0.890. The number of carbonyl (C=O) groups excluding carboxylic acids is 1. The van der Waals surface area contributed by atoms with Crippen molar-refractivity contribution in [2.24, 2.45) is 5.92 Å². The smallest absolute Gasteiger partial charge is 0.243 e. The Kier molecular flexibility index (Phi) is 6.51. The van der Waals surface area contributed by atoms with Gasteiger partial charge >= 0.3 is 0 Å². The molecule has 1 aliphatic heterocycles. The number of rotatable bonds is 6. The summed E-state index contributed by atoms with van der Waals surface area (Å²) in [6.07, 6.45) is 0. The predicted molar refractivity (Wildman–Crippen MR) is 113 cm³/mol. The van der Waals surface area contributed by atoms with Crippen molar-refractivity contribution in [3.8, 4) is 5.75 Å². The van der Waals surface area contributed by atoms with Gasteiger partial charge in [-0.05, 0) is 48.9 Å². The van der Waals surface area contributed by atoms with Gasteiger partial charge in [0.15, 0.2) is 0 Å². The third kappa shape index (κ3) is 4.42. The molecule has 8 heteroatoms. The number of methoxy groups -OCH3 is 1. The van der Waals surface area contributed by atoms with Crippen molar-refractivity contribution in [2.75, 3.05) is 33.8 Å². The van der Waals surface area contributed by atoms with Crippen molar-refractivity contribution in [3.05, 3.63) is 59.1 Å². The second-order valence-electron chi connectivity index (χ2n) is 7.12. The van der Waals surface area contributed by atoms with Crippen LogP contribution in [0.25, 0.3) is 0 Å². The molecule has 29 heavy (non-hydrogen) atoms. The van der Waals surface area contributed by atoms with Crippen molar-refractivity contribution in [2.45, 2.75) is 17.7 Å². The van der Waals surface area contributed by atoms with Crippen LogP contribution in [0, 0.1) is 5.92 Å². The zero-order chi connectivity index (χ0) is 21.2. The number of nitrogens with zero attached hydrogens (tertiary/aromatic N) is 2. The summed E-state index contributed by atoms with van der Waals surface area (Å²) in [4.78, 5) is 14.8. The largest absolute Gasteiger partial charge is 0.497 e. The first-order valence-electron chi connectivity index (χ1n) is 9.42. The number of ether oxygens (including phenoxy) is 1. The first-order chi connectivity index (χ1) is 13.8. The molecule has 0 aromatic heterocycles. The van der Waals surface area contributed by atoms with E-state index in [0.29, 0.717) is 17.3 Å². The molecule has 0 aliphatic carbocycles. The van der Waals surface area contributed by atoms with E-state index in [0.717, 1.165) is 5.56 Å². The molecule has 2 aromatic rings. The van der Waals surface area contributed by atoms with E-state index in [1.54, 1.807) is 31.2 Å². The van der Waals surface area contributed by atoms with E-state index in [1.807, 2.05) is 31.2 Å². The number of benzene rings is 2. The van der Waals surface area contributed by atoms with Crippen LogP contribution in [0.15, 0.2) is 53.4 Å². The molecule has 2 atom stereocenters. The van der Waals surface area contributed by atoms with Crippen molar-refractivity contribution < 1.29 is 17.9 Å². The van der Waals surface area contributed by atoms with Gasteiger partial charge in [0.05, 0.1) is 17.9 Å². The fourth-order valence-electron chi connectivity index (χ4n) is 3.62. The lowest BCUT2D eigenvalue weighted by Crippen LogP contribution is -2.36. The maximum atomic E-state index is 13.2. The molecule has 0 radical (unpaired) electrons. The van der Waals surface area contributed by atoms with Gasteiger partial charge in [-0.3, -0.25) is 4.79 Å². The summed E-state index contributed by atoms with van der Waals surface area (Å²) < 4.78 is 33.1. The molecule has 0 N–H and O–H groups in total. The summed E-state index contributed by atoms with van der Waals surface area (Å²) in [6, 6.07) is 13.6. The Labute approximate surface area is 177 Å². The van der Waals surface area contributed by atoms with Gasteiger partial charge in [0, 0.05) is 37.6 Å². The highest BCUT2D eigenvalue weighted by Crippen LogP contribution is 2.37. The molecule has 1 saturated heterocycles. The Morgan fingerprint density at radius 1 is 1.21 bits per heavy atom. The van der Waals surface area contributed by atoms with E-state index in [4.69, 9.17) is 16.3 Å². The van der Waals surface area contributed by atoms with E-state index in [1.165, 1.54) is 16.4 Å². The molecular formula is C21H25ClN2O4S. The third-order valence-electron chi connectivity index (χ3n) is 5.43. The van der Waals surface area contributed by atoms with Crippen LogP contribution in [0.1, 0.15) is 18.4 Å². The van der Waals surface area contributed by atoms with Crippen molar-refractivity contribution >= 4 is 27.5 Å². The lowest BCUT2D eigenvalue weighted by atomic mass is 9.88. The first kappa shape index (κ1) is 21.6. The summed E-state index contributed by atoms with van der Waals surface area (Å²) in [7, 11) is -0.419. The lowest BCUT2D eigenvalue weighted by Gasteiger charge is -2.23. The SMILES string of the molecule is CCN(C)C(=O)C1CN(S(=O)(=O)c2ccc(Cl)cc2)CC1c1cccc(OC)c1. The van der Waals surface area contributed by atoms with E-state index in [-0.39, 0.29) is 29.8 Å². The molecule has 156 valence electrons. The quantitative estimate of drug-likeness (QED) is 0.697. The van der Waals surface area contributed by atoms with Crippen LogP contribution in [0.3, 0.4) is 0 Å². The fourth-order valence-corrected chi connectivity index (χ4v) is 5.24. The Morgan fingerprint density at radius 2 is 1.90 bits per heavy atom. The topological polar surface area (TPSA) is 66.9 Å². The van der Waals surface area contributed by atoms with Crippen LogP contribution in [0.2, 0.25) is 5.02 Å². The molecular weight excluding hydrogens is 412 g/mol. The number of sulfonamides is 1. The summed E-state index contributed by atoms with van der Waals surface area (Å²) in [6.45, 7) is 2.82. The highest BCUT2D eigenvalue weighted by Gasteiger charge is 2.44. The second-order valence-corrected chi connectivity index (χ2v) is 9.49. The summed E-state index contributed by atoms with van der Waals surface area (Å²) in [5.74, 6) is -0.103. The van der Waals surface area contributed by atoms with Crippen LogP contribution >= 0.6 is 11.6 Å². The number of hydrogen-bond acceptors (Lipinski definition) is 4. The zero-order valence-electron chi connectivity index (χ0n) is 16.7. The molecule has 1 fully saturated rings. The average Bonchev–Trinajstić information content (AvgIpc) is 3.19. The number of halogens is 1. The normalized spacial score (nSPS) is 19.9. The summed E-state index contributed by atoms with van der Waals surface area (Å²) in [5, 5.41) is 0.470. The van der Waals surface area contributed by atoms with Crippen molar-refractivity contribution in [1.82, 2.24) is 9.21 Å². The highest BCUT2D eigenvalue weighted by molar-refractivity contribution is 7.89. The average molecular weight is 437 g/mol. The molecule has 3 rings (SSSR count). The Bertz CT molecular complexity index is 978. The predicted octanol–water partition coefficient (Wildman–Crippen LogP) is 3.23. The van der Waals surface area contributed by atoms with Crippen LogP contribution in [0.5, 0.6) is 5.75 Å². The molecule has 0 saturated carbocycles. The van der Waals surface area contributed by atoms with Gasteiger partial charge in [-0.2, -0.15) is 4.31 Å². The minimum atomic E-state index is -3.74. The molecule has 2 unspecified atom stereocenters. The minimum absolute atomic E-state index is 0.0610. The molecule has 6 nitrogen and oxygen atoms in total. The van der Waals surface area contributed by atoms with Crippen molar-refractivity contribution in [3.63, 3.8) is 0 Å². The van der Waals surface area contributed by atoms with Gasteiger partial charge in [-0.25, -0.2) is 8.42 Å². The fraction of sp³-hybridized carbons (Fsp3) is 0.381. The minimum Gasteiger partial charge on any atom is -0.497 e. The van der Waals surface area contributed by atoms with Gasteiger partial charge < -0.3 is 9.64 Å². The van der Waals surface area contributed by atoms with Crippen LogP contribution in [-0.4, -0.2) is 57.3 Å². The summed E-state index contributed by atoms with van der Waals surface area (Å²) >= 11 is 5.90. The van der Waals surface area contributed by atoms with Gasteiger partial charge in [0.2, 0.25) is 15.9 Å². The van der Waals surface area contributed by atoms with E-state index < -0.39 is 15.9 Å². The van der Waals surface area contributed by atoms with Crippen LogP contribution in [0.4, 0.5) is 0 Å². The highest BCUT2D eigenvalue weighted by atomic mass is 35.5. The number of amides is 1. The van der Waals surface area contributed by atoms with Gasteiger partial charge in [-0.1, -0.05) is 23.7 Å². The van der Waals surface area contributed by atoms with Gasteiger partial charge in [-0.15, -0.1) is 0 Å². The molecule has 1 amide bonds. The molecule has 0 spiro atoms. The number of carbonyl (C=O) groups is 1. The van der Waals surface area contributed by atoms with Gasteiger partial charge in [0.1, 0.15) is 5.75 Å². The van der Waals surface area contributed by atoms with Crippen LogP contribution in [-0.2, 0) is 14.8 Å². The molecule has 2 aromatic carbocycles. The van der Waals surface area contributed by atoms with E-state index in [9.17, 15) is 13.2 Å². The lowest BCUT2D eigenvalue weighted by molar-refractivity contribution is -0.133. The third-order valence-corrected chi connectivity index (χ3v) is 7.53. The molecule has 1 heterocycles. The maximum Gasteiger partial charge on any atom is 0.243 e. The zero-order valence-corrected chi connectivity index (χ0v) is 18.3. The Morgan fingerprint density at radius 3 is 2.52 bits per heavy atom. The van der Waals surface area contributed by atoms with Crippen LogP contribution < -0.4 is 4.74 Å². The van der Waals surface area contributed by atoms with E-state index in [2.05, 4.69) is 0 Å². The number of hydrogen-bond donors (Lipinski definition) is 0.